The molecule has 0 saturated carbocycles. The van der Waals surface area contributed by atoms with Crippen LogP contribution in [0.15, 0.2) is 24.4 Å². The second-order valence-electron chi connectivity index (χ2n) is 4.03. The Balaban J connectivity index is 1.91. The van der Waals surface area contributed by atoms with Crippen molar-refractivity contribution in [2.75, 3.05) is 13.1 Å². The number of H-pyrrole nitrogens is 1. The van der Waals surface area contributed by atoms with Gasteiger partial charge in [0, 0.05) is 10.9 Å². The molecule has 0 unspecified atom stereocenters. The highest BCUT2D eigenvalue weighted by Crippen LogP contribution is 2.12. The highest BCUT2D eigenvalue weighted by atomic mass is 16.4. The topological polar surface area (TPSA) is 124 Å². The van der Waals surface area contributed by atoms with E-state index in [9.17, 15) is 14.4 Å². The molecule has 2 aromatic rings. The maximum atomic E-state index is 11.8. The van der Waals surface area contributed by atoms with Gasteiger partial charge in [-0.15, -0.1) is 0 Å². The molecule has 0 aliphatic heterocycles. The molecular formula is C12H12N4O4. The first-order valence-electron chi connectivity index (χ1n) is 5.76. The van der Waals surface area contributed by atoms with Gasteiger partial charge in [-0.2, -0.15) is 5.10 Å². The molecular weight excluding hydrogens is 264 g/mol. The lowest BCUT2D eigenvalue weighted by molar-refractivity contribution is -0.137. The summed E-state index contributed by atoms with van der Waals surface area (Å²) in [4.78, 5) is 33.3. The minimum absolute atomic E-state index is 0.285. The molecule has 0 bridgehead atoms. The monoisotopic (exact) mass is 276 g/mol. The zero-order chi connectivity index (χ0) is 14.5. The Kier molecular flexibility index (Phi) is 3.94. The summed E-state index contributed by atoms with van der Waals surface area (Å²) in [5.74, 6) is -2.13. The molecule has 0 spiro atoms. The zero-order valence-electron chi connectivity index (χ0n) is 10.3. The fourth-order valence-electron chi connectivity index (χ4n) is 1.58. The smallest absolute Gasteiger partial charge is 0.322 e. The molecule has 20 heavy (non-hydrogen) atoms. The van der Waals surface area contributed by atoms with E-state index in [1.807, 2.05) is 0 Å². The Bertz CT molecular complexity index is 664. The summed E-state index contributed by atoms with van der Waals surface area (Å²) in [6, 6.07) is 4.97. The van der Waals surface area contributed by atoms with Gasteiger partial charge in [0.15, 0.2) is 0 Å². The fourth-order valence-corrected chi connectivity index (χ4v) is 1.58. The first-order valence-corrected chi connectivity index (χ1v) is 5.76. The van der Waals surface area contributed by atoms with Crippen LogP contribution in [0.3, 0.4) is 0 Å². The lowest BCUT2D eigenvalue weighted by Gasteiger charge is -2.05. The van der Waals surface area contributed by atoms with Crippen LogP contribution in [0.25, 0.3) is 10.9 Å². The van der Waals surface area contributed by atoms with E-state index in [0.29, 0.717) is 11.1 Å². The number of rotatable bonds is 5. The lowest BCUT2D eigenvalue weighted by Crippen LogP contribution is -2.39. The van der Waals surface area contributed by atoms with Gasteiger partial charge in [0.05, 0.1) is 18.3 Å². The largest absolute Gasteiger partial charge is 0.480 e. The molecule has 104 valence electrons. The highest BCUT2D eigenvalue weighted by molar-refractivity contribution is 5.99. The van der Waals surface area contributed by atoms with Crippen molar-refractivity contribution < 1.29 is 19.5 Å². The number of hydrogen-bond acceptors (Lipinski definition) is 4. The number of amides is 2. The van der Waals surface area contributed by atoms with E-state index in [1.54, 1.807) is 24.4 Å². The Morgan fingerprint density at radius 2 is 2.00 bits per heavy atom. The maximum Gasteiger partial charge on any atom is 0.322 e. The van der Waals surface area contributed by atoms with Gasteiger partial charge < -0.3 is 15.7 Å². The van der Waals surface area contributed by atoms with Gasteiger partial charge in [0.25, 0.3) is 5.91 Å². The summed E-state index contributed by atoms with van der Waals surface area (Å²) in [6.07, 6.45) is 1.64. The number of benzene rings is 1. The van der Waals surface area contributed by atoms with Crippen molar-refractivity contribution in [3.63, 3.8) is 0 Å². The normalized spacial score (nSPS) is 10.2. The molecule has 0 radical (unpaired) electrons. The summed E-state index contributed by atoms with van der Waals surface area (Å²) in [6.45, 7) is -0.762. The van der Waals surface area contributed by atoms with E-state index in [2.05, 4.69) is 20.8 Å². The Morgan fingerprint density at radius 1 is 1.20 bits per heavy atom. The number of carbonyl (C=O) groups is 3. The van der Waals surface area contributed by atoms with Crippen LogP contribution in [0.5, 0.6) is 0 Å². The number of carboxylic acid groups (broad SMARTS) is 1. The Morgan fingerprint density at radius 3 is 2.75 bits per heavy atom. The summed E-state index contributed by atoms with van der Waals surface area (Å²) < 4.78 is 0. The molecule has 0 aliphatic rings. The lowest BCUT2D eigenvalue weighted by atomic mass is 10.1. The zero-order valence-corrected chi connectivity index (χ0v) is 10.3. The van der Waals surface area contributed by atoms with Gasteiger partial charge in [0.1, 0.15) is 6.54 Å². The van der Waals surface area contributed by atoms with Crippen molar-refractivity contribution in [1.29, 1.82) is 0 Å². The number of aliphatic carboxylic acids is 1. The van der Waals surface area contributed by atoms with Crippen molar-refractivity contribution in [2.24, 2.45) is 0 Å². The van der Waals surface area contributed by atoms with Crippen LogP contribution in [0.1, 0.15) is 10.4 Å². The third-order valence-corrected chi connectivity index (χ3v) is 2.55. The maximum absolute atomic E-state index is 11.8. The standard InChI is InChI=1S/C12H12N4O4/c17-10(13-6-11(18)19)5-14-12(20)7-1-2-8-4-15-16-9(8)3-7/h1-4H,5-6H2,(H,13,17)(H,14,20)(H,15,16)(H,18,19). The van der Waals surface area contributed by atoms with Gasteiger partial charge in [-0.25, -0.2) is 0 Å². The van der Waals surface area contributed by atoms with Crippen LogP contribution in [0, 0.1) is 0 Å². The number of nitrogens with zero attached hydrogens (tertiary/aromatic N) is 1. The van der Waals surface area contributed by atoms with Crippen molar-refractivity contribution in [3.05, 3.63) is 30.0 Å². The SMILES string of the molecule is O=C(O)CNC(=O)CNC(=O)c1ccc2cn[nH]c2c1. The molecule has 2 amide bonds. The molecule has 0 saturated heterocycles. The van der Waals surface area contributed by atoms with E-state index in [-0.39, 0.29) is 6.54 Å². The van der Waals surface area contributed by atoms with E-state index >= 15 is 0 Å². The third kappa shape index (κ3) is 3.31. The van der Waals surface area contributed by atoms with Gasteiger partial charge in [-0.3, -0.25) is 19.5 Å². The van der Waals surface area contributed by atoms with Gasteiger partial charge in [-0.1, -0.05) is 6.07 Å². The Labute approximate surface area is 113 Å². The molecule has 0 aliphatic carbocycles. The number of hydrogen-bond donors (Lipinski definition) is 4. The average Bonchev–Trinajstić information content (AvgIpc) is 2.89. The van der Waals surface area contributed by atoms with Crippen molar-refractivity contribution in [2.45, 2.75) is 0 Å². The van der Waals surface area contributed by atoms with Crippen molar-refractivity contribution in [1.82, 2.24) is 20.8 Å². The second-order valence-corrected chi connectivity index (χ2v) is 4.03. The van der Waals surface area contributed by atoms with Crippen LogP contribution >= 0.6 is 0 Å². The van der Waals surface area contributed by atoms with E-state index < -0.39 is 24.3 Å². The highest BCUT2D eigenvalue weighted by Gasteiger charge is 2.09. The van der Waals surface area contributed by atoms with Gasteiger partial charge >= 0.3 is 5.97 Å². The molecule has 8 nitrogen and oxygen atoms in total. The molecule has 1 aromatic heterocycles. The minimum atomic E-state index is -1.14. The first-order chi connectivity index (χ1) is 9.56. The molecule has 1 heterocycles. The summed E-state index contributed by atoms with van der Waals surface area (Å²) in [5.41, 5.74) is 1.10. The van der Waals surface area contributed by atoms with Crippen LogP contribution in [0.4, 0.5) is 0 Å². The third-order valence-electron chi connectivity index (χ3n) is 2.55. The van der Waals surface area contributed by atoms with E-state index in [0.717, 1.165) is 5.39 Å². The fraction of sp³-hybridized carbons (Fsp3) is 0.167. The number of aromatic amines is 1. The molecule has 0 fully saturated rings. The first kappa shape index (κ1) is 13.5. The summed E-state index contributed by atoms with van der Waals surface area (Å²) in [7, 11) is 0. The molecule has 2 rings (SSSR count). The second kappa shape index (κ2) is 5.83. The predicted octanol–water partition coefficient (Wildman–Crippen LogP) is -0.506. The van der Waals surface area contributed by atoms with Crippen LogP contribution in [-0.4, -0.2) is 46.2 Å². The molecule has 1 aromatic carbocycles. The molecule has 8 heteroatoms. The summed E-state index contributed by atoms with van der Waals surface area (Å²) >= 11 is 0. The van der Waals surface area contributed by atoms with E-state index in [1.165, 1.54) is 0 Å². The number of fused-ring (bicyclic) bond motifs is 1. The number of carbonyl (C=O) groups excluding carboxylic acids is 2. The van der Waals surface area contributed by atoms with Crippen molar-refractivity contribution in [3.8, 4) is 0 Å². The van der Waals surface area contributed by atoms with Crippen LogP contribution < -0.4 is 10.6 Å². The van der Waals surface area contributed by atoms with Gasteiger partial charge in [-0.05, 0) is 12.1 Å². The predicted molar refractivity (Wildman–Crippen MR) is 69.1 cm³/mol. The summed E-state index contributed by atoms with van der Waals surface area (Å²) in [5, 5.41) is 20.4. The van der Waals surface area contributed by atoms with Gasteiger partial charge in [0.2, 0.25) is 5.91 Å². The number of nitrogens with one attached hydrogen (secondary N) is 3. The quantitative estimate of drug-likeness (QED) is 0.585. The molecule has 4 N–H and O–H groups in total. The number of carboxylic acids is 1. The van der Waals surface area contributed by atoms with Crippen LogP contribution in [-0.2, 0) is 9.59 Å². The van der Waals surface area contributed by atoms with Crippen LogP contribution in [0.2, 0.25) is 0 Å². The molecule has 0 atom stereocenters. The minimum Gasteiger partial charge on any atom is -0.480 e. The van der Waals surface area contributed by atoms with E-state index in [4.69, 9.17) is 5.11 Å². The number of aromatic nitrogens is 2. The average molecular weight is 276 g/mol. The Hall–Kier alpha value is -2.90. The van der Waals surface area contributed by atoms with Crippen molar-refractivity contribution >= 4 is 28.7 Å².